The van der Waals surface area contributed by atoms with E-state index in [0.717, 1.165) is 23.8 Å². The predicted octanol–water partition coefficient (Wildman–Crippen LogP) is 3.04. The van der Waals surface area contributed by atoms with Crippen LogP contribution >= 0.6 is 0 Å². The van der Waals surface area contributed by atoms with Crippen LogP contribution in [0.4, 0.5) is 0 Å². The van der Waals surface area contributed by atoms with Crippen molar-refractivity contribution in [2.24, 2.45) is 11.8 Å². The highest BCUT2D eigenvalue weighted by Crippen LogP contribution is 2.38. The molecule has 0 unspecified atom stereocenters. The Morgan fingerprint density at radius 3 is 2.92 bits per heavy atom. The summed E-state index contributed by atoms with van der Waals surface area (Å²) in [5.74, 6) is 1.66. The molecule has 1 fully saturated rings. The maximum Gasteiger partial charge on any atom is 0.0943 e. The van der Waals surface area contributed by atoms with Gasteiger partial charge in [-0.15, -0.1) is 0 Å². The second kappa shape index (κ2) is 3.31. The monoisotopic (exact) mass is 161 g/mol. The van der Waals surface area contributed by atoms with Gasteiger partial charge in [-0.05, 0) is 37.5 Å². The SMILES string of the molecule is N#CC1=C[C@H]2CCCC[C@@H]2CC1. The lowest BCUT2D eigenvalue weighted by atomic mass is 9.72. The highest BCUT2D eigenvalue weighted by molar-refractivity contribution is 5.24. The van der Waals surface area contributed by atoms with Gasteiger partial charge in [-0.2, -0.15) is 5.26 Å². The Balaban J connectivity index is 2.11. The molecule has 2 aliphatic carbocycles. The van der Waals surface area contributed by atoms with Crippen LogP contribution < -0.4 is 0 Å². The number of rotatable bonds is 0. The van der Waals surface area contributed by atoms with E-state index in [1.165, 1.54) is 32.1 Å². The Kier molecular flexibility index (Phi) is 2.17. The summed E-state index contributed by atoms with van der Waals surface area (Å²) < 4.78 is 0. The molecule has 0 amide bonds. The van der Waals surface area contributed by atoms with Crippen LogP contribution in [0.1, 0.15) is 38.5 Å². The molecule has 0 N–H and O–H groups in total. The van der Waals surface area contributed by atoms with Crippen molar-refractivity contribution in [1.29, 1.82) is 5.26 Å². The van der Waals surface area contributed by atoms with Gasteiger partial charge in [0.2, 0.25) is 0 Å². The summed E-state index contributed by atoms with van der Waals surface area (Å²) in [6, 6.07) is 2.30. The lowest BCUT2D eigenvalue weighted by Gasteiger charge is -2.32. The molecule has 0 aromatic carbocycles. The third-order valence-corrected chi connectivity index (χ3v) is 3.31. The molecular weight excluding hydrogens is 146 g/mol. The van der Waals surface area contributed by atoms with E-state index in [0.29, 0.717) is 0 Å². The van der Waals surface area contributed by atoms with Gasteiger partial charge in [-0.25, -0.2) is 0 Å². The zero-order valence-electron chi connectivity index (χ0n) is 7.42. The van der Waals surface area contributed by atoms with Crippen LogP contribution in [0.2, 0.25) is 0 Å². The van der Waals surface area contributed by atoms with E-state index in [1.807, 2.05) is 0 Å². The molecule has 0 aromatic rings. The molecule has 0 bridgehead atoms. The largest absolute Gasteiger partial charge is 0.193 e. The van der Waals surface area contributed by atoms with Gasteiger partial charge in [-0.1, -0.05) is 18.9 Å². The molecule has 2 rings (SSSR count). The molecule has 1 heteroatoms. The third-order valence-electron chi connectivity index (χ3n) is 3.31. The smallest absolute Gasteiger partial charge is 0.0943 e. The molecule has 0 saturated heterocycles. The van der Waals surface area contributed by atoms with Gasteiger partial charge in [0.05, 0.1) is 6.07 Å². The maximum absolute atomic E-state index is 8.76. The molecule has 1 nitrogen and oxygen atoms in total. The Labute approximate surface area is 74.1 Å². The number of fused-ring (bicyclic) bond motifs is 1. The molecule has 0 radical (unpaired) electrons. The molecule has 0 aromatic heterocycles. The van der Waals surface area contributed by atoms with E-state index in [-0.39, 0.29) is 0 Å². The van der Waals surface area contributed by atoms with Crippen LogP contribution in [0.3, 0.4) is 0 Å². The number of nitrogens with zero attached hydrogens (tertiary/aromatic N) is 1. The minimum Gasteiger partial charge on any atom is -0.193 e. The van der Waals surface area contributed by atoms with Gasteiger partial charge < -0.3 is 0 Å². The van der Waals surface area contributed by atoms with Crippen LogP contribution in [0.25, 0.3) is 0 Å². The highest BCUT2D eigenvalue weighted by Gasteiger charge is 2.26. The molecule has 0 spiro atoms. The Morgan fingerprint density at radius 1 is 1.25 bits per heavy atom. The van der Waals surface area contributed by atoms with Gasteiger partial charge in [0, 0.05) is 5.57 Å². The van der Waals surface area contributed by atoms with Crippen molar-refractivity contribution >= 4 is 0 Å². The molecule has 2 aliphatic rings. The summed E-state index contributed by atoms with van der Waals surface area (Å²) in [6.07, 6.45) is 10.1. The third kappa shape index (κ3) is 1.39. The summed E-state index contributed by atoms with van der Waals surface area (Å²) >= 11 is 0. The van der Waals surface area contributed by atoms with Gasteiger partial charge in [0.1, 0.15) is 0 Å². The maximum atomic E-state index is 8.76. The average Bonchev–Trinajstić information content (AvgIpc) is 2.17. The van der Waals surface area contributed by atoms with E-state index in [4.69, 9.17) is 5.26 Å². The first-order valence-corrected chi connectivity index (χ1v) is 5.01. The quantitative estimate of drug-likeness (QED) is 0.535. The number of hydrogen-bond donors (Lipinski definition) is 0. The van der Waals surface area contributed by atoms with Crippen LogP contribution in [0, 0.1) is 23.2 Å². The predicted molar refractivity (Wildman–Crippen MR) is 48.4 cm³/mol. The van der Waals surface area contributed by atoms with E-state index < -0.39 is 0 Å². The molecule has 12 heavy (non-hydrogen) atoms. The fraction of sp³-hybridized carbons (Fsp3) is 0.727. The lowest BCUT2D eigenvalue weighted by molar-refractivity contribution is 0.257. The van der Waals surface area contributed by atoms with Crippen molar-refractivity contribution in [3.63, 3.8) is 0 Å². The molecular formula is C11H15N. The van der Waals surface area contributed by atoms with Gasteiger partial charge in [0.25, 0.3) is 0 Å². The highest BCUT2D eigenvalue weighted by atomic mass is 14.3. The normalized spacial score (nSPS) is 34.8. The number of hydrogen-bond acceptors (Lipinski definition) is 1. The minimum atomic E-state index is 0.752. The van der Waals surface area contributed by atoms with E-state index in [1.54, 1.807) is 0 Å². The fourth-order valence-electron chi connectivity index (χ4n) is 2.59. The van der Waals surface area contributed by atoms with E-state index in [2.05, 4.69) is 12.1 Å². The van der Waals surface area contributed by atoms with Crippen molar-refractivity contribution in [3.05, 3.63) is 11.6 Å². The van der Waals surface area contributed by atoms with E-state index in [9.17, 15) is 0 Å². The molecule has 0 heterocycles. The summed E-state index contributed by atoms with van der Waals surface area (Å²) in [6.45, 7) is 0. The summed E-state index contributed by atoms with van der Waals surface area (Å²) in [5.41, 5.74) is 1.04. The van der Waals surface area contributed by atoms with Crippen molar-refractivity contribution in [3.8, 4) is 6.07 Å². The molecule has 1 saturated carbocycles. The first-order valence-electron chi connectivity index (χ1n) is 5.01. The topological polar surface area (TPSA) is 23.8 Å². The minimum absolute atomic E-state index is 0.752. The van der Waals surface area contributed by atoms with Gasteiger partial charge in [-0.3, -0.25) is 0 Å². The zero-order chi connectivity index (χ0) is 8.39. The molecule has 64 valence electrons. The Bertz CT molecular complexity index is 234. The van der Waals surface area contributed by atoms with Crippen LogP contribution in [0.5, 0.6) is 0 Å². The zero-order valence-corrected chi connectivity index (χ0v) is 7.42. The van der Waals surface area contributed by atoms with Crippen LogP contribution in [0.15, 0.2) is 11.6 Å². The molecule has 0 aliphatic heterocycles. The fourth-order valence-corrected chi connectivity index (χ4v) is 2.59. The first-order chi connectivity index (χ1) is 5.90. The number of allylic oxidation sites excluding steroid dienone is 2. The lowest BCUT2D eigenvalue weighted by Crippen LogP contribution is -2.21. The van der Waals surface area contributed by atoms with Crippen LogP contribution in [-0.2, 0) is 0 Å². The second-order valence-electron chi connectivity index (χ2n) is 4.05. The van der Waals surface area contributed by atoms with Crippen molar-refractivity contribution in [1.82, 2.24) is 0 Å². The molecule has 2 atom stereocenters. The Hall–Kier alpha value is -0.770. The summed E-state index contributed by atoms with van der Waals surface area (Å²) in [7, 11) is 0. The van der Waals surface area contributed by atoms with Gasteiger partial charge in [0.15, 0.2) is 0 Å². The van der Waals surface area contributed by atoms with Crippen LogP contribution in [-0.4, -0.2) is 0 Å². The summed E-state index contributed by atoms with van der Waals surface area (Å²) in [4.78, 5) is 0. The first kappa shape index (κ1) is 7.86. The second-order valence-corrected chi connectivity index (χ2v) is 4.05. The van der Waals surface area contributed by atoms with Gasteiger partial charge >= 0.3 is 0 Å². The van der Waals surface area contributed by atoms with Crippen molar-refractivity contribution in [2.75, 3.05) is 0 Å². The van der Waals surface area contributed by atoms with Crippen molar-refractivity contribution < 1.29 is 0 Å². The average molecular weight is 161 g/mol. The number of nitriles is 1. The standard InChI is InChI=1S/C11H15N/c12-8-9-5-6-10-3-1-2-4-11(10)7-9/h7,10-11H,1-6H2/t10-,11-/m1/s1. The van der Waals surface area contributed by atoms with E-state index >= 15 is 0 Å². The Morgan fingerprint density at radius 2 is 2.08 bits per heavy atom. The van der Waals surface area contributed by atoms with Crippen molar-refractivity contribution in [2.45, 2.75) is 38.5 Å². The summed E-state index contributed by atoms with van der Waals surface area (Å²) in [5, 5.41) is 8.76.